The van der Waals surface area contributed by atoms with Crippen molar-refractivity contribution in [2.24, 2.45) is 0 Å². The lowest BCUT2D eigenvalue weighted by molar-refractivity contribution is -0.0345. The molecule has 1 unspecified atom stereocenters. The Morgan fingerprint density at radius 3 is 2.41 bits per heavy atom. The molecule has 2 fully saturated rings. The summed E-state index contributed by atoms with van der Waals surface area (Å²) in [4.78, 5) is 21.0. The number of anilines is 1. The van der Waals surface area contributed by atoms with Crippen LogP contribution in [-0.2, 0) is 9.47 Å². The van der Waals surface area contributed by atoms with Crippen LogP contribution in [0, 0.1) is 5.82 Å². The van der Waals surface area contributed by atoms with E-state index in [1.165, 1.54) is 6.07 Å². The lowest BCUT2D eigenvalue weighted by Gasteiger charge is -2.47. The number of para-hydroxylation sites is 1. The van der Waals surface area contributed by atoms with Gasteiger partial charge in [0.25, 0.3) is 5.91 Å². The second-order valence-electron chi connectivity index (χ2n) is 10.5. The molecule has 7 rings (SSSR count). The summed E-state index contributed by atoms with van der Waals surface area (Å²) in [5.41, 5.74) is 3.21. The Kier molecular flexibility index (Phi) is 6.95. The summed E-state index contributed by atoms with van der Waals surface area (Å²) >= 11 is 12.6. The fourth-order valence-corrected chi connectivity index (χ4v) is 6.66. The number of carbonyl (C=O) groups is 1. The molecule has 2 saturated heterocycles. The van der Waals surface area contributed by atoms with Gasteiger partial charge in [0, 0.05) is 39.2 Å². The zero-order chi connectivity index (χ0) is 28.1. The lowest BCUT2D eigenvalue weighted by Crippen LogP contribution is -2.60. The molecular formula is C31H26Cl2FN3O4. The van der Waals surface area contributed by atoms with E-state index in [9.17, 15) is 4.79 Å². The molecule has 0 radical (unpaired) electrons. The number of rotatable bonds is 4. The summed E-state index contributed by atoms with van der Waals surface area (Å²) in [6.07, 6.45) is 2.18. The zero-order valence-corrected chi connectivity index (χ0v) is 23.4. The van der Waals surface area contributed by atoms with Gasteiger partial charge in [0.2, 0.25) is 0 Å². The average Bonchev–Trinajstić information content (AvgIpc) is 2.95. The van der Waals surface area contributed by atoms with Gasteiger partial charge in [0.1, 0.15) is 11.6 Å². The van der Waals surface area contributed by atoms with Crippen LogP contribution in [-0.4, -0.2) is 56.0 Å². The van der Waals surface area contributed by atoms with Gasteiger partial charge in [-0.05, 0) is 42.0 Å². The maximum absolute atomic E-state index is 15.5. The normalized spacial score (nSPS) is 21.7. The van der Waals surface area contributed by atoms with Crippen LogP contribution in [0.2, 0.25) is 10.0 Å². The molecule has 3 aliphatic heterocycles. The van der Waals surface area contributed by atoms with Crippen molar-refractivity contribution < 1.29 is 23.4 Å². The third-order valence-electron chi connectivity index (χ3n) is 7.91. The van der Waals surface area contributed by atoms with Crippen molar-refractivity contribution in [3.8, 4) is 16.9 Å². The number of hydrogen-bond acceptors (Lipinski definition) is 6. The first-order valence-electron chi connectivity index (χ1n) is 13.5. The fourth-order valence-electron chi connectivity index (χ4n) is 6.13. The van der Waals surface area contributed by atoms with Crippen LogP contribution in [0.5, 0.6) is 5.75 Å². The third kappa shape index (κ3) is 4.78. The molecule has 10 heteroatoms. The average molecular weight is 594 g/mol. The maximum atomic E-state index is 15.5. The second-order valence-corrected chi connectivity index (χ2v) is 11.4. The Balaban J connectivity index is 1.40. The molecule has 4 aromatic rings. The van der Waals surface area contributed by atoms with Crippen molar-refractivity contribution in [3.63, 3.8) is 0 Å². The number of nitrogens with one attached hydrogen (secondary N) is 1. The first kappa shape index (κ1) is 26.5. The number of hydrogen-bond donors (Lipinski definition) is 1. The summed E-state index contributed by atoms with van der Waals surface area (Å²) in [5, 5.41) is 4.64. The van der Waals surface area contributed by atoms with Gasteiger partial charge in [0.05, 0.1) is 67.9 Å². The topological polar surface area (TPSA) is 72.9 Å². The van der Waals surface area contributed by atoms with E-state index in [4.69, 9.17) is 37.4 Å². The monoisotopic (exact) mass is 593 g/mol. The predicted molar refractivity (Wildman–Crippen MR) is 156 cm³/mol. The number of carbonyl (C=O) groups excluding carboxylic acids is 1. The number of nitrogens with zero attached hydrogens (tertiary/aromatic N) is 2. The van der Waals surface area contributed by atoms with Gasteiger partial charge in [0.15, 0.2) is 0 Å². The molecule has 1 amide bonds. The molecule has 2 bridgehead atoms. The van der Waals surface area contributed by atoms with Gasteiger partial charge >= 0.3 is 0 Å². The van der Waals surface area contributed by atoms with Crippen molar-refractivity contribution in [1.82, 2.24) is 10.3 Å². The Bertz CT molecular complexity index is 1630. The van der Waals surface area contributed by atoms with E-state index in [0.29, 0.717) is 77.2 Å². The Morgan fingerprint density at radius 1 is 0.976 bits per heavy atom. The highest BCUT2D eigenvalue weighted by atomic mass is 35.5. The molecule has 0 saturated carbocycles. The number of pyridine rings is 1. The minimum absolute atomic E-state index is 0.113. The van der Waals surface area contributed by atoms with Crippen LogP contribution in [0.25, 0.3) is 22.0 Å². The van der Waals surface area contributed by atoms with Gasteiger partial charge in [-0.2, -0.15) is 0 Å². The Hall–Kier alpha value is -3.43. The summed E-state index contributed by atoms with van der Waals surface area (Å²) in [7, 11) is 0. The van der Waals surface area contributed by atoms with Crippen LogP contribution < -0.4 is 15.0 Å². The minimum Gasteiger partial charge on any atom is -0.493 e. The number of aromatic nitrogens is 1. The molecule has 1 N–H and O–H groups in total. The zero-order valence-electron chi connectivity index (χ0n) is 21.9. The van der Waals surface area contributed by atoms with E-state index in [-0.39, 0.29) is 29.6 Å². The predicted octanol–water partition coefficient (Wildman–Crippen LogP) is 6.21. The largest absolute Gasteiger partial charge is 0.493 e. The summed E-state index contributed by atoms with van der Waals surface area (Å²) < 4.78 is 33.0. The molecule has 0 spiro atoms. The molecular weight excluding hydrogens is 568 g/mol. The van der Waals surface area contributed by atoms with Crippen molar-refractivity contribution in [1.29, 1.82) is 0 Å². The number of benzene rings is 3. The molecule has 210 valence electrons. The highest BCUT2D eigenvalue weighted by molar-refractivity contribution is 6.35. The molecule has 1 aromatic heterocycles. The highest BCUT2D eigenvalue weighted by Gasteiger charge is 2.39. The quantitative estimate of drug-likeness (QED) is 0.303. The number of morpholine rings is 2. The first-order valence-corrected chi connectivity index (χ1v) is 14.3. The molecule has 41 heavy (non-hydrogen) atoms. The summed E-state index contributed by atoms with van der Waals surface area (Å²) in [5.74, 6) is 0.0372. The van der Waals surface area contributed by atoms with Crippen molar-refractivity contribution >= 4 is 45.7 Å². The minimum atomic E-state index is -0.462. The van der Waals surface area contributed by atoms with E-state index in [0.717, 1.165) is 11.3 Å². The van der Waals surface area contributed by atoms with E-state index in [2.05, 4.69) is 15.2 Å². The van der Waals surface area contributed by atoms with E-state index in [1.54, 1.807) is 30.5 Å². The van der Waals surface area contributed by atoms with Crippen LogP contribution in [0.1, 0.15) is 28.4 Å². The van der Waals surface area contributed by atoms with E-state index < -0.39 is 5.82 Å². The molecule has 3 aliphatic rings. The van der Waals surface area contributed by atoms with Gasteiger partial charge < -0.3 is 24.4 Å². The Morgan fingerprint density at radius 2 is 1.68 bits per heavy atom. The standard InChI is InChI=1S/C31H26Cl2FN3O4/c32-18-9-17(10-19(33)11-18)28-25(34)6-5-23-29(28)35-12-24(30(23)37-20-13-39-15-21(37)16-40-14-20)31(38)36-26-7-8-41-27-4-2-1-3-22(26)27/h1-6,9-12,20-21,26H,7-8,13-16H2,(H,36,38). The summed E-state index contributed by atoms with van der Waals surface area (Å²) in [6.45, 7) is 2.30. The SMILES string of the molecule is O=C(NC1CCOc2ccccc21)c1cnc2c(-c3cc(Cl)cc(Cl)c3)c(F)ccc2c1N1C2COCC1COC2. The molecule has 3 aromatic carbocycles. The van der Waals surface area contributed by atoms with Gasteiger partial charge in [-0.3, -0.25) is 9.78 Å². The second kappa shape index (κ2) is 10.8. The fraction of sp³-hybridized carbons (Fsp3) is 0.290. The molecule has 4 heterocycles. The van der Waals surface area contributed by atoms with Gasteiger partial charge in [-0.25, -0.2) is 4.39 Å². The number of fused-ring (bicyclic) bond motifs is 4. The van der Waals surface area contributed by atoms with Crippen LogP contribution in [0.4, 0.5) is 10.1 Å². The molecule has 0 aliphatic carbocycles. The van der Waals surface area contributed by atoms with Crippen LogP contribution in [0.3, 0.4) is 0 Å². The van der Waals surface area contributed by atoms with Crippen LogP contribution >= 0.6 is 23.2 Å². The first-order chi connectivity index (χ1) is 20.0. The maximum Gasteiger partial charge on any atom is 0.255 e. The Labute approximate surface area is 246 Å². The number of halogens is 3. The number of amides is 1. The van der Waals surface area contributed by atoms with Crippen LogP contribution in [0.15, 0.2) is 60.8 Å². The van der Waals surface area contributed by atoms with Gasteiger partial charge in [-0.1, -0.05) is 41.4 Å². The van der Waals surface area contributed by atoms with Crippen molar-refractivity contribution in [2.45, 2.75) is 24.5 Å². The highest BCUT2D eigenvalue weighted by Crippen LogP contribution is 2.41. The van der Waals surface area contributed by atoms with E-state index >= 15 is 4.39 Å². The number of ether oxygens (including phenoxy) is 3. The van der Waals surface area contributed by atoms with Crippen molar-refractivity contribution in [3.05, 3.63) is 87.8 Å². The van der Waals surface area contributed by atoms with Gasteiger partial charge in [-0.15, -0.1) is 0 Å². The lowest BCUT2D eigenvalue weighted by atomic mass is 9.96. The third-order valence-corrected chi connectivity index (χ3v) is 8.34. The molecule has 7 nitrogen and oxygen atoms in total. The van der Waals surface area contributed by atoms with Crippen molar-refractivity contribution in [2.75, 3.05) is 37.9 Å². The van der Waals surface area contributed by atoms with E-state index in [1.807, 2.05) is 24.3 Å². The molecule has 1 atom stereocenters. The smallest absolute Gasteiger partial charge is 0.255 e. The summed E-state index contributed by atoms with van der Waals surface area (Å²) in [6, 6.07) is 15.3.